The van der Waals surface area contributed by atoms with Crippen molar-refractivity contribution >= 4 is 76.9 Å². The minimum absolute atomic E-state index is 0.402. The molecule has 49 heavy (non-hydrogen) atoms. The minimum atomic E-state index is -0.501. The van der Waals surface area contributed by atoms with Gasteiger partial charge in [-0.25, -0.2) is 4.85 Å². The van der Waals surface area contributed by atoms with Crippen molar-refractivity contribution in [1.82, 2.24) is 9.13 Å². The fraction of sp³-hybridized carbons (Fsp3) is 0.0455. The molecule has 5 heteroatoms. The molecule has 1 atom stereocenters. The summed E-state index contributed by atoms with van der Waals surface area (Å²) < 4.78 is 11.0. The van der Waals surface area contributed by atoms with Crippen molar-refractivity contribution in [2.45, 2.75) is 6.42 Å². The SMILES string of the molecule is [C-]#[N+]C1=C(n2c3ccccc3c3ccccc32)CC(C#N)C(n2c3ccc(-c4ccccc4)cc3c3c4oc5ccccc5c4ccc32)=C1. The number of furan rings is 1. The van der Waals surface area contributed by atoms with Gasteiger partial charge in [0.15, 0.2) is 0 Å². The highest BCUT2D eigenvalue weighted by molar-refractivity contribution is 6.24. The second-order valence-corrected chi connectivity index (χ2v) is 12.6. The predicted octanol–water partition coefficient (Wildman–Crippen LogP) is 11.6. The van der Waals surface area contributed by atoms with Crippen molar-refractivity contribution in [2.24, 2.45) is 5.92 Å². The van der Waals surface area contributed by atoms with Crippen LogP contribution in [0.25, 0.3) is 92.9 Å². The predicted molar refractivity (Wildman–Crippen MR) is 199 cm³/mol. The molecule has 0 radical (unpaired) electrons. The molecule has 5 nitrogen and oxygen atoms in total. The summed E-state index contributed by atoms with van der Waals surface area (Å²) in [4.78, 5) is 4.11. The van der Waals surface area contributed by atoms with Crippen LogP contribution in [0.5, 0.6) is 0 Å². The monoisotopic (exact) mass is 626 g/mol. The Kier molecular flexibility index (Phi) is 5.76. The molecule has 0 saturated heterocycles. The zero-order valence-corrected chi connectivity index (χ0v) is 26.3. The number of allylic oxidation sites excluding steroid dienone is 3. The molecule has 228 valence electrons. The Hall–Kier alpha value is -6.82. The van der Waals surface area contributed by atoms with E-state index in [2.05, 4.69) is 105 Å². The number of hydrogen-bond donors (Lipinski definition) is 0. The summed E-state index contributed by atoms with van der Waals surface area (Å²) >= 11 is 0. The Bertz CT molecular complexity index is 2940. The highest BCUT2D eigenvalue weighted by atomic mass is 16.3. The standard InChI is InChI=1S/C44H26N4O/c1-46-35-25-40(29(26-45)24-41(35)47-36-16-8-5-13-30(36)31-14-6-9-17-37(31)47)48-38-21-19-28(27-11-3-2-4-12-27)23-34(38)43-39(48)22-20-33-32-15-7-10-18-42(32)49-44(33)43/h2-23,25,29H,24H2. The van der Waals surface area contributed by atoms with Gasteiger partial charge >= 0.3 is 0 Å². The van der Waals surface area contributed by atoms with Gasteiger partial charge in [0, 0.05) is 38.3 Å². The molecular weight excluding hydrogens is 601 g/mol. The summed E-state index contributed by atoms with van der Waals surface area (Å²) in [5.74, 6) is -0.501. The van der Waals surface area contributed by atoms with Crippen LogP contribution in [0.15, 0.2) is 150 Å². The van der Waals surface area contributed by atoms with Crippen LogP contribution in [0.3, 0.4) is 0 Å². The largest absolute Gasteiger partial charge is 0.455 e. The summed E-state index contributed by atoms with van der Waals surface area (Å²) in [5, 5.41) is 17.3. The van der Waals surface area contributed by atoms with Crippen molar-refractivity contribution in [3.63, 3.8) is 0 Å². The summed E-state index contributed by atoms with van der Waals surface area (Å²) in [7, 11) is 0. The fourth-order valence-corrected chi connectivity index (χ4v) is 7.95. The topological polar surface area (TPSA) is 51.1 Å². The van der Waals surface area contributed by atoms with E-state index in [1.54, 1.807) is 0 Å². The third-order valence-corrected chi connectivity index (χ3v) is 10.1. The smallest absolute Gasteiger partial charge is 0.208 e. The highest BCUT2D eigenvalue weighted by Gasteiger charge is 2.30. The van der Waals surface area contributed by atoms with E-state index >= 15 is 0 Å². The first-order chi connectivity index (χ1) is 24.2. The molecule has 0 spiro atoms. The molecule has 0 bridgehead atoms. The second-order valence-electron chi connectivity index (χ2n) is 12.6. The van der Waals surface area contributed by atoms with Crippen molar-refractivity contribution in [2.75, 3.05) is 0 Å². The van der Waals surface area contributed by atoms with E-state index in [1.807, 2.05) is 54.6 Å². The normalized spacial score (nSPS) is 15.1. The zero-order valence-electron chi connectivity index (χ0n) is 26.3. The lowest BCUT2D eigenvalue weighted by atomic mass is 9.93. The van der Waals surface area contributed by atoms with Gasteiger partial charge in [-0.05, 0) is 66.1 Å². The number of hydrogen-bond acceptors (Lipinski definition) is 2. The Morgan fingerprint density at radius 1 is 0.633 bits per heavy atom. The van der Waals surface area contributed by atoms with Gasteiger partial charge in [-0.1, -0.05) is 91.0 Å². The van der Waals surface area contributed by atoms with E-state index in [4.69, 9.17) is 11.0 Å². The minimum Gasteiger partial charge on any atom is -0.455 e. The molecule has 0 saturated carbocycles. The van der Waals surface area contributed by atoms with Gasteiger partial charge in [-0.2, -0.15) is 5.26 Å². The summed E-state index contributed by atoms with van der Waals surface area (Å²) in [6, 6.07) is 48.5. The fourth-order valence-electron chi connectivity index (χ4n) is 7.95. The first-order valence-electron chi connectivity index (χ1n) is 16.4. The summed E-state index contributed by atoms with van der Waals surface area (Å²) in [5.41, 5.74) is 10.0. The van der Waals surface area contributed by atoms with Crippen LogP contribution in [0, 0.1) is 23.8 Å². The van der Waals surface area contributed by atoms with Crippen LogP contribution in [0.1, 0.15) is 6.42 Å². The van der Waals surface area contributed by atoms with Crippen LogP contribution in [-0.4, -0.2) is 9.13 Å². The Morgan fingerprint density at radius 2 is 1.29 bits per heavy atom. The molecule has 0 fully saturated rings. The lowest BCUT2D eigenvalue weighted by molar-refractivity contribution is 0.673. The van der Waals surface area contributed by atoms with Crippen LogP contribution in [0.4, 0.5) is 0 Å². The number of para-hydroxylation sites is 3. The average Bonchev–Trinajstić information content (AvgIpc) is 3.82. The third-order valence-electron chi connectivity index (χ3n) is 10.1. The average molecular weight is 627 g/mol. The Labute approximate surface area is 281 Å². The van der Waals surface area contributed by atoms with Crippen molar-refractivity contribution in [3.8, 4) is 17.2 Å². The summed E-state index contributed by atoms with van der Waals surface area (Å²) in [6.45, 7) is 8.41. The van der Waals surface area contributed by atoms with E-state index in [0.29, 0.717) is 12.1 Å². The third kappa shape index (κ3) is 3.85. The number of fused-ring (bicyclic) bond motifs is 10. The molecule has 1 aliphatic rings. The molecule has 9 aromatic rings. The van der Waals surface area contributed by atoms with Gasteiger partial charge in [0.2, 0.25) is 5.70 Å². The maximum absolute atomic E-state index is 10.8. The maximum Gasteiger partial charge on any atom is 0.208 e. The number of aromatic nitrogens is 2. The van der Waals surface area contributed by atoms with E-state index in [9.17, 15) is 5.26 Å². The van der Waals surface area contributed by atoms with Gasteiger partial charge in [0.05, 0.1) is 46.0 Å². The lowest BCUT2D eigenvalue weighted by Gasteiger charge is -2.25. The molecule has 3 heterocycles. The summed E-state index contributed by atoms with van der Waals surface area (Å²) in [6.07, 6.45) is 2.34. The van der Waals surface area contributed by atoms with Crippen molar-refractivity contribution < 1.29 is 4.42 Å². The molecule has 0 N–H and O–H groups in total. The van der Waals surface area contributed by atoms with Crippen molar-refractivity contribution in [3.05, 3.63) is 157 Å². The first-order valence-corrected chi connectivity index (χ1v) is 16.4. The first kappa shape index (κ1) is 27.3. The van der Waals surface area contributed by atoms with Crippen molar-refractivity contribution in [1.29, 1.82) is 5.26 Å². The van der Waals surface area contributed by atoms with Gasteiger partial charge in [-0.15, -0.1) is 0 Å². The van der Waals surface area contributed by atoms with E-state index in [1.165, 1.54) is 0 Å². The van der Waals surface area contributed by atoms with Crippen LogP contribution < -0.4 is 0 Å². The van der Waals surface area contributed by atoms with Gasteiger partial charge in [0.25, 0.3) is 0 Å². The van der Waals surface area contributed by atoms with E-state index in [0.717, 1.165) is 88.1 Å². The van der Waals surface area contributed by atoms with Gasteiger partial charge in [0.1, 0.15) is 11.2 Å². The maximum atomic E-state index is 10.8. The van der Waals surface area contributed by atoms with Gasteiger partial charge < -0.3 is 13.6 Å². The lowest BCUT2D eigenvalue weighted by Crippen LogP contribution is -2.16. The highest BCUT2D eigenvalue weighted by Crippen LogP contribution is 2.46. The van der Waals surface area contributed by atoms with Crippen LogP contribution in [-0.2, 0) is 0 Å². The molecule has 0 amide bonds. The number of nitriles is 1. The molecule has 10 rings (SSSR count). The van der Waals surface area contributed by atoms with E-state index < -0.39 is 5.92 Å². The number of benzene rings is 6. The molecule has 0 aliphatic heterocycles. The molecule has 1 aliphatic carbocycles. The quantitative estimate of drug-likeness (QED) is 0.183. The number of nitrogens with zero attached hydrogens (tertiary/aromatic N) is 4. The zero-order chi connectivity index (χ0) is 32.6. The number of rotatable bonds is 3. The Balaban J connectivity index is 1.29. The Morgan fingerprint density at radius 3 is 2.02 bits per heavy atom. The molecular formula is C44H26N4O. The van der Waals surface area contributed by atoms with Crippen LogP contribution in [0.2, 0.25) is 0 Å². The second kappa shape index (κ2) is 10.3. The molecule has 3 aromatic heterocycles. The van der Waals surface area contributed by atoms with E-state index in [-0.39, 0.29) is 0 Å². The molecule has 6 aromatic carbocycles. The van der Waals surface area contributed by atoms with Gasteiger partial charge in [-0.3, -0.25) is 0 Å². The molecule has 1 unspecified atom stereocenters. The van der Waals surface area contributed by atoms with Crippen LogP contribution >= 0.6 is 0 Å².